The van der Waals surface area contributed by atoms with Crippen molar-refractivity contribution in [2.45, 2.75) is 4.90 Å². The highest BCUT2D eigenvalue weighted by atomic mass is 32.2. The van der Waals surface area contributed by atoms with Crippen LogP contribution in [0, 0.1) is 10.1 Å². The molecule has 0 spiro atoms. The Morgan fingerprint density at radius 3 is 2.52 bits per heavy atom. The van der Waals surface area contributed by atoms with Gasteiger partial charge in [0.1, 0.15) is 0 Å². The van der Waals surface area contributed by atoms with Gasteiger partial charge < -0.3 is 5.32 Å². The first-order chi connectivity index (χ1) is 15.8. The third kappa shape index (κ3) is 5.40. The molecule has 0 saturated carbocycles. The number of nitrogens with zero attached hydrogens (tertiary/aromatic N) is 2. The lowest BCUT2D eigenvalue weighted by Gasteiger charge is -2.09. The molecule has 2 N–H and O–H groups in total. The summed E-state index contributed by atoms with van der Waals surface area (Å²) < 4.78 is 27.9. The number of carbonyl (C=O) groups is 1. The summed E-state index contributed by atoms with van der Waals surface area (Å²) >= 11 is 0.951. The van der Waals surface area contributed by atoms with E-state index in [1.165, 1.54) is 48.7 Å². The number of thiophene rings is 1. The van der Waals surface area contributed by atoms with E-state index in [0.29, 0.717) is 16.3 Å². The molecule has 4 rings (SSSR count). The largest absolute Gasteiger partial charge is 0.324 e. The van der Waals surface area contributed by atoms with E-state index in [-0.39, 0.29) is 9.90 Å². The van der Waals surface area contributed by atoms with Crippen molar-refractivity contribution >= 4 is 60.6 Å². The fourth-order valence-electron chi connectivity index (χ4n) is 2.93. The smallest absolute Gasteiger partial charge is 0.323 e. The maximum atomic E-state index is 12.7. The molecule has 4 aromatic rings. The van der Waals surface area contributed by atoms with Gasteiger partial charge >= 0.3 is 5.00 Å². The lowest BCUT2D eigenvalue weighted by atomic mass is 10.2. The Morgan fingerprint density at radius 2 is 1.79 bits per heavy atom. The molecule has 0 atom stereocenters. The average Bonchev–Trinajstić information content (AvgIpc) is 3.27. The van der Waals surface area contributed by atoms with Gasteiger partial charge in [-0.15, -0.1) is 0 Å². The van der Waals surface area contributed by atoms with Gasteiger partial charge in [0.05, 0.1) is 27.2 Å². The highest BCUT2D eigenvalue weighted by Crippen LogP contribution is 2.25. The number of anilines is 2. The van der Waals surface area contributed by atoms with E-state index in [2.05, 4.69) is 15.0 Å². The van der Waals surface area contributed by atoms with Crippen molar-refractivity contribution in [1.29, 1.82) is 0 Å². The van der Waals surface area contributed by atoms with Crippen LogP contribution in [0.1, 0.15) is 4.88 Å². The van der Waals surface area contributed by atoms with Crippen LogP contribution in [0.25, 0.3) is 17.0 Å². The third-order valence-electron chi connectivity index (χ3n) is 4.47. The van der Waals surface area contributed by atoms with Crippen LogP contribution in [0.3, 0.4) is 0 Å². The number of nitrogens with one attached hydrogen (secondary N) is 2. The van der Waals surface area contributed by atoms with E-state index in [1.54, 1.807) is 12.1 Å². The molecule has 0 aliphatic carbocycles. The van der Waals surface area contributed by atoms with E-state index < -0.39 is 20.9 Å². The molecule has 11 heteroatoms. The number of benzene rings is 2. The first-order valence-electron chi connectivity index (χ1n) is 9.51. The van der Waals surface area contributed by atoms with Crippen LogP contribution in [0.4, 0.5) is 16.4 Å². The molecule has 2 aromatic carbocycles. The molecule has 33 heavy (non-hydrogen) atoms. The molecule has 9 nitrogen and oxygen atoms in total. The molecule has 0 radical (unpaired) electrons. The van der Waals surface area contributed by atoms with Crippen molar-refractivity contribution in [3.05, 3.63) is 94.0 Å². The van der Waals surface area contributed by atoms with Crippen molar-refractivity contribution in [3.63, 3.8) is 0 Å². The van der Waals surface area contributed by atoms with Gasteiger partial charge in [-0.1, -0.05) is 29.5 Å². The van der Waals surface area contributed by atoms with E-state index in [9.17, 15) is 23.3 Å². The highest BCUT2D eigenvalue weighted by molar-refractivity contribution is 7.92. The predicted molar refractivity (Wildman–Crippen MR) is 128 cm³/mol. The summed E-state index contributed by atoms with van der Waals surface area (Å²) in [6, 6.07) is 17.7. The number of aromatic nitrogens is 1. The Labute approximate surface area is 192 Å². The van der Waals surface area contributed by atoms with Crippen molar-refractivity contribution < 1.29 is 18.1 Å². The summed E-state index contributed by atoms with van der Waals surface area (Å²) in [6.07, 6.45) is 4.16. The fraction of sp³-hybridized carbons (Fsp3) is 0. The number of rotatable bonds is 7. The molecule has 2 aromatic heterocycles. The monoisotopic (exact) mass is 480 g/mol. The van der Waals surface area contributed by atoms with Crippen LogP contribution < -0.4 is 10.0 Å². The molecule has 166 valence electrons. The number of carbonyl (C=O) groups excluding carboxylic acids is 1. The first-order valence-corrected chi connectivity index (χ1v) is 11.8. The first kappa shape index (κ1) is 22.1. The number of amides is 1. The number of hydrogen-bond acceptors (Lipinski definition) is 7. The van der Waals surface area contributed by atoms with E-state index in [0.717, 1.165) is 22.2 Å². The van der Waals surface area contributed by atoms with Gasteiger partial charge in [0.15, 0.2) is 0 Å². The highest BCUT2D eigenvalue weighted by Gasteiger charge is 2.15. The molecule has 0 aliphatic rings. The number of hydrogen-bond donors (Lipinski definition) is 2. The third-order valence-corrected chi connectivity index (χ3v) is 6.87. The number of sulfonamides is 1. The van der Waals surface area contributed by atoms with E-state index >= 15 is 0 Å². The predicted octanol–water partition coefficient (Wildman–Crippen LogP) is 4.66. The molecule has 2 heterocycles. The summed E-state index contributed by atoms with van der Waals surface area (Å²) in [5.74, 6) is -0.456. The van der Waals surface area contributed by atoms with Crippen LogP contribution in [0.5, 0.6) is 0 Å². The van der Waals surface area contributed by atoms with Crippen molar-refractivity contribution in [3.8, 4) is 0 Å². The van der Waals surface area contributed by atoms with E-state index in [1.807, 2.05) is 24.3 Å². The summed E-state index contributed by atoms with van der Waals surface area (Å²) in [6.45, 7) is 0. The Hall–Kier alpha value is -4.09. The normalized spacial score (nSPS) is 11.5. The summed E-state index contributed by atoms with van der Waals surface area (Å²) in [5, 5.41) is 14.1. The Morgan fingerprint density at radius 1 is 1.03 bits per heavy atom. The Balaban J connectivity index is 1.41. The molecular weight excluding hydrogens is 464 g/mol. The van der Waals surface area contributed by atoms with Crippen LogP contribution in [-0.2, 0) is 14.8 Å². The lowest BCUT2D eigenvalue weighted by Crippen LogP contribution is -2.13. The molecule has 0 unspecified atom stereocenters. The Bertz CT molecular complexity index is 1480. The van der Waals surface area contributed by atoms with Gasteiger partial charge in [-0.2, -0.15) is 0 Å². The van der Waals surface area contributed by atoms with Gasteiger partial charge in [0.25, 0.3) is 10.0 Å². The van der Waals surface area contributed by atoms with Crippen LogP contribution in [0.2, 0.25) is 0 Å². The van der Waals surface area contributed by atoms with Gasteiger partial charge in [0.2, 0.25) is 5.91 Å². The summed E-state index contributed by atoms with van der Waals surface area (Å²) in [5.41, 5.74) is 1.49. The molecule has 0 fully saturated rings. The quantitative estimate of drug-likeness (QED) is 0.225. The second kappa shape index (κ2) is 9.18. The van der Waals surface area contributed by atoms with Gasteiger partial charge in [-0.25, -0.2) is 8.42 Å². The number of para-hydroxylation sites is 1. The van der Waals surface area contributed by atoms with Gasteiger partial charge in [0, 0.05) is 28.1 Å². The minimum absolute atomic E-state index is 0.0139. The number of pyridine rings is 1. The number of fused-ring (bicyclic) bond motifs is 1. The zero-order valence-corrected chi connectivity index (χ0v) is 18.5. The van der Waals surface area contributed by atoms with Crippen LogP contribution in [-0.4, -0.2) is 24.2 Å². The molecule has 0 saturated heterocycles. The second-order valence-corrected chi connectivity index (χ2v) is 9.58. The van der Waals surface area contributed by atoms with Crippen molar-refractivity contribution in [2.24, 2.45) is 0 Å². The maximum absolute atomic E-state index is 12.7. The summed E-state index contributed by atoms with van der Waals surface area (Å²) in [7, 11) is -3.85. The number of nitro groups is 1. The average molecular weight is 481 g/mol. The molecule has 0 bridgehead atoms. The molecule has 1 amide bonds. The topological polar surface area (TPSA) is 131 Å². The Kier molecular flexibility index (Phi) is 6.16. The van der Waals surface area contributed by atoms with Gasteiger partial charge in [-0.05, 0) is 48.5 Å². The lowest BCUT2D eigenvalue weighted by molar-refractivity contribution is -0.380. The van der Waals surface area contributed by atoms with E-state index in [4.69, 9.17) is 0 Å². The maximum Gasteiger partial charge on any atom is 0.324 e. The zero-order chi connectivity index (χ0) is 23.4. The zero-order valence-electron chi connectivity index (χ0n) is 16.8. The standard InChI is InChI=1S/C22H16N4O5S2/c27-21(11-7-18-8-12-22(32-18)26(28)29)24-16-5-9-19(10-6-16)33(30,31)25-17-13-15-3-1-2-4-20(15)23-14-17/h1-14,25H,(H,24,27)/b11-7+. The SMILES string of the molecule is O=C(/C=C/c1ccc([N+](=O)[O-])s1)Nc1ccc(S(=O)(=O)Nc2cnc3ccccc3c2)cc1. The van der Waals surface area contributed by atoms with Gasteiger partial charge in [-0.3, -0.25) is 24.6 Å². The van der Waals surface area contributed by atoms with Crippen LogP contribution >= 0.6 is 11.3 Å². The molecule has 0 aliphatic heterocycles. The van der Waals surface area contributed by atoms with Crippen molar-refractivity contribution in [2.75, 3.05) is 10.0 Å². The summed E-state index contributed by atoms with van der Waals surface area (Å²) in [4.78, 5) is 27.1. The molecular formula is C22H16N4O5S2. The minimum atomic E-state index is -3.85. The second-order valence-electron chi connectivity index (χ2n) is 6.80. The van der Waals surface area contributed by atoms with Crippen molar-refractivity contribution in [1.82, 2.24) is 4.98 Å². The van der Waals surface area contributed by atoms with Crippen LogP contribution in [0.15, 0.2) is 83.9 Å². The minimum Gasteiger partial charge on any atom is -0.323 e. The fourth-order valence-corrected chi connectivity index (χ4v) is 4.69.